The quantitative estimate of drug-likeness (QED) is 0.890. The number of rotatable bonds is 5. The van der Waals surface area contributed by atoms with Crippen LogP contribution in [0.5, 0.6) is 11.6 Å². The number of carboxylic acids is 1. The number of hydrogen-bond acceptors (Lipinski definition) is 3. The van der Waals surface area contributed by atoms with Gasteiger partial charge < -0.3 is 9.84 Å². The van der Waals surface area contributed by atoms with E-state index in [1.54, 1.807) is 12.1 Å². The van der Waals surface area contributed by atoms with Gasteiger partial charge in [0.2, 0.25) is 5.88 Å². The van der Waals surface area contributed by atoms with E-state index < -0.39 is 5.97 Å². The molecule has 1 N–H and O–H groups in total. The molecule has 0 aliphatic heterocycles. The summed E-state index contributed by atoms with van der Waals surface area (Å²) in [7, 11) is 0. The Morgan fingerprint density at radius 2 is 2.00 bits per heavy atom. The highest BCUT2D eigenvalue weighted by Crippen LogP contribution is 2.31. The molecule has 0 amide bonds. The molecule has 0 saturated carbocycles. The van der Waals surface area contributed by atoms with Gasteiger partial charge in [-0.15, -0.1) is 0 Å². The van der Waals surface area contributed by atoms with Crippen LogP contribution < -0.4 is 4.74 Å². The van der Waals surface area contributed by atoms with E-state index in [1.165, 1.54) is 6.07 Å². The van der Waals surface area contributed by atoms with Crippen LogP contribution in [0.15, 0.2) is 42.5 Å². The molecule has 2 rings (SSSR count). The summed E-state index contributed by atoms with van der Waals surface area (Å²) < 4.78 is 5.75. The summed E-state index contributed by atoms with van der Waals surface area (Å²) in [6.45, 7) is 4.24. The molecule has 20 heavy (non-hydrogen) atoms. The Bertz CT molecular complexity index is 610. The van der Waals surface area contributed by atoms with E-state index in [4.69, 9.17) is 9.84 Å². The van der Waals surface area contributed by atoms with Crippen LogP contribution in [0.4, 0.5) is 0 Å². The molecule has 0 bridgehead atoms. The van der Waals surface area contributed by atoms with Crippen molar-refractivity contribution in [2.45, 2.75) is 26.2 Å². The minimum atomic E-state index is -1.06. The van der Waals surface area contributed by atoms with Crippen LogP contribution in [-0.4, -0.2) is 16.1 Å². The Morgan fingerprint density at radius 1 is 1.25 bits per heavy atom. The number of aromatic carboxylic acids is 1. The van der Waals surface area contributed by atoms with Gasteiger partial charge in [0.25, 0.3) is 0 Å². The van der Waals surface area contributed by atoms with E-state index in [1.807, 2.05) is 24.3 Å². The van der Waals surface area contributed by atoms with Crippen molar-refractivity contribution in [2.24, 2.45) is 0 Å². The molecule has 1 aromatic carbocycles. The Kier molecular flexibility index (Phi) is 4.35. The molecule has 4 nitrogen and oxygen atoms in total. The third-order valence-electron chi connectivity index (χ3n) is 3.22. The van der Waals surface area contributed by atoms with Gasteiger partial charge in [-0.2, -0.15) is 0 Å². The van der Waals surface area contributed by atoms with Crippen LogP contribution in [0, 0.1) is 0 Å². The first kappa shape index (κ1) is 14.1. The first-order valence-corrected chi connectivity index (χ1v) is 6.59. The molecule has 0 aliphatic rings. The highest BCUT2D eigenvalue weighted by atomic mass is 16.5. The summed E-state index contributed by atoms with van der Waals surface area (Å²) in [6, 6.07) is 12.5. The SMILES string of the molecule is CCC(C)c1ccccc1Oc1cccc(C(=O)O)n1. The van der Waals surface area contributed by atoms with Crippen LogP contribution in [-0.2, 0) is 0 Å². The molecule has 2 aromatic rings. The third-order valence-corrected chi connectivity index (χ3v) is 3.22. The van der Waals surface area contributed by atoms with Crippen molar-refractivity contribution in [3.05, 3.63) is 53.7 Å². The highest BCUT2D eigenvalue weighted by molar-refractivity contribution is 5.85. The van der Waals surface area contributed by atoms with E-state index in [-0.39, 0.29) is 5.69 Å². The first-order chi connectivity index (χ1) is 9.61. The number of hydrogen-bond donors (Lipinski definition) is 1. The lowest BCUT2D eigenvalue weighted by Crippen LogP contribution is -2.02. The zero-order chi connectivity index (χ0) is 14.5. The second kappa shape index (κ2) is 6.19. The molecule has 104 valence electrons. The molecule has 1 atom stereocenters. The van der Waals surface area contributed by atoms with Gasteiger partial charge in [-0.1, -0.05) is 38.1 Å². The normalized spacial score (nSPS) is 11.9. The summed E-state index contributed by atoms with van der Waals surface area (Å²) >= 11 is 0. The predicted molar refractivity (Wildman–Crippen MR) is 76.4 cm³/mol. The minimum Gasteiger partial charge on any atom is -0.477 e. The molecule has 1 unspecified atom stereocenters. The van der Waals surface area contributed by atoms with Gasteiger partial charge in [0.05, 0.1) is 0 Å². The lowest BCUT2D eigenvalue weighted by molar-refractivity contribution is 0.0689. The molecule has 1 heterocycles. The van der Waals surface area contributed by atoms with Gasteiger partial charge >= 0.3 is 5.97 Å². The number of carbonyl (C=O) groups is 1. The number of para-hydroxylation sites is 1. The van der Waals surface area contributed by atoms with E-state index in [9.17, 15) is 4.79 Å². The summed E-state index contributed by atoms with van der Waals surface area (Å²) in [5.74, 6) is 0.317. The molecule has 0 saturated heterocycles. The zero-order valence-electron chi connectivity index (χ0n) is 11.5. The number of aromatic nitrogens is 1. The molecule has 1 aromatic heterocycles. The lowest BCUT2D eigenvalue weighted by atomic mass is 9.98. The van der Waals surface area contributed by atoms with Crippen molar-refractivity contribution < 1.29 is 14.6 Å². The van der Waals surface area contributed by atoms with Gasteiger partial charge in [0.1, 0.15) is 5.75 Å². The van der Waals surface area contributed by atoms with E-state index in [0.717, 1.165) is 17.7 Å². The fraction of sp³-hybridized carbons (Fsp3) is 0.250. The summed E-state index contributed by atoms with van der Waals surface area (Å²) in [6.07, 6.45) is 1.00. The molecule has 0 fully saturated rings. The van der Waals surface area contributed by atoms with E-state index in [2.05, 4.69) is 18.8 Å². The van der Waals surface area contributed by atoms with Gasteiger partial charge in [-0.05, 0) is 30.0 Å². The number of nitrogens with zero attached hydrogens (tertiary/aromatic N) is 1. The Labute approximate surface area is 118 Å². The summed E-state index contributed by atoms with van der Waals surface area (Å²) in [5.41, 5.74) is 1.07. The summed E-state index contributed by atoms with van der Waals surface area (Å²) in [5, 5.41) is 8.94. The van der Waals surface area contributed by atoms with Crippen molar-refractivity contribution in [3.8, 4) is 11.6 Å². The van der Waals surface area contributed by atoms with Crippen LogP contribution >= 0.6 is 0 Å². The largest absolute Gasteiger partial charge is 0.477 e. The molecule has 0 spiro atoms. The average Bonchev–Trinajstić information content (AvgIpc) is 2.47. The smallest absolute Gasteiger partial charge is 0.354 e. The molecular weight excluding hydrogens is 254 g/mol. The Hall–Kier alpha value is -2.36. The van der Waals surface area contributed by atoms with Crippen molar-refractivity contribution in [2.75, 3.05) is 0 Å². The minimum absolute atomic E-state index is 0.0245. The standard InChI is InChI=1S/C16H17NO3/c1-3-11(2)12-7-4-5-9-14(12)20-15-10-6-8-13(17-15)16(18)19/h4-11H,3H2,1-2H3,(H,18,19). The van der Waals surface area contributed by atoms with Crippen molar-refractivity contribution in [3.63, 3.8) is 0 Å². The fourth-order valence-corrected chi connectivity index (χ4v) is 1.90. The highest BCUT2D eigenvalue weighted by Gasteiger charge is 2.12. The Morgan fingerprint density at radius 3 is 2.70 bits per heavy atom. The van der Waals surface area contributed by atoms with Crippen LogP contribution in [0.2, 0.25) is 0 Å². The second-order valence-corrected chi connectivity index (χ2v) is 4.62. The number of ether oxygens (including phenoxy) is 1. The molecule has 4 heteroatoms. The topological polar surface area (TPSA) is 59.4 Å². The first-order valence-electron chi connectivity index (χ1n) is 6.59. The lowest BCUT2D eigenvalue weighted by Gasteiger charge is -2.14. The molecule has 0 radical (unpaired) electrons. The van der Waals surface area contributed by atoms with Crippen molar-refractivity contribution >= 4 is 5.97 Å². The number of pyridine rings is 1. The van der Waals surface area contributed by atoms with Gasteiger partial charge in [-0.3, -0.25) is 0 Å². The molecule has 0 aliphatic carbocycles. The van der Waals surface area contributed by atoms with Crippen LogP contribution in [0.3, 0.4) is 0 Å². The van der Waals surface area contributed by atoms with Gasteiger partial charge in [0.15, 0.2) is 5.69 Å². The van der Waals surface area contributed by atoms with E-state index >= 15 is 0 Å². The van der Waals surface area contributed by atoms with Crippen LogP contribution in [0.1, 0.15) is 42.2 Å². The second-order valence-electron chi connectivity index (χ2n) is 4.62. The number of benzene rings is 1. The van der Waals surface area contributed by atoms with Gasteiger partial charge in [-0.25, -0.2) is 9.78 Å². The predicted octanol–water partition coefficient (Wildman–Crippen LogP) is 4.09. The zero-order valence-corrected chi connectivity index (χ0v) is 11.5. The summed E-state index contributed by atoms with van der Waals surface area (Å²) in [4.78, 5) is 14.9. The van der Waals surface area contributed by atoms with Crippen LogP contribution in [0.25, 0.3) is 0 Å². The van der Waals surface area contributed by atoms with Crippen molar-refractivity contribution in [1.82, 2.24) is 4.98 Å². The van der Waals surface area contributed by atoms with Gasteiger partial charge in [0, 0.05) is 6.07 Å². The Balaban J connectivity index is 2.30. The molecular formula is C16H17NO3. The van der Waals surface area contributed by atoms with Crippen molar-refractivity contribution in [1.29, 1.82) is 0 Å². The fourth-order valence-electron chi connectivity index (χ4n) is 1.90. The monoisotopic (exact) mass is 271 g/mol. The maximum atomic E-state index is 10.9. The third kappa shape index (κ3) is 3.15. The average molecular weight is 271 g/mol. The van der Waals surface area contributed by atoms with E-state index in [0.29, 0.717) is 11.8 Å². The maximum Gasteiger partial charge on any atom is 0.354 e. The maximum absolute atomic E-state index is 10.9. The number of carboxylic acid groups (broad SMARTS) is 1.